The van der Waals surface area contributed by atoms with Gasteiger partial charge in [0.25, 0.3) is 5.91 Å². The van der Waals surface area contributed by atoms with Gasteiger partial charge in [-0.15, -0.1) is 0 Å². The fraction of sp³-hybridized carbons (Fsp3) is 0.409. The number of likely N-dealkylation sites (N-methyl/N-ethyl adjacent to an activating group) is 1. The van der Waals surface area contributed by atoms with Gasteiger partial charge >= 0.3 is 0 Å². The van der Waals surface area contributed by atoms with Crippen molar-refractivity contribution in [2.45, 2.75) is 32.4 Å². The van der Waals surface area contributed by atoms with Gasteiger partial charge in [0, 0.05) is 24.7 Å². The molecule has 0 spiro atoms. The average Bonchev–Trinajstić information content (AvgIpc) is 3.11. The molecule has 1 saturated heterocycles. The molecule has 1 fully saturated rings. The molecule has 2 aromatic carbocycles. The molecule has 26 heavy (non-hydrogen) atoms. The van der Waals surface area contributed by atoms with Crippen LogP contribution in [0.5, 0.6) is 5.75 Å². The Balaban J connectivity index is 1.79. The highest BCUT2D eigenvalue weighted by Crippen LogP contribution is 2.26. The van der Waals surface area contributed by atoms with Crippen molar-refractivity contribution in [2.75, 3.05) is 27.2 Å². The molecule has 1 aliphatic rings. The van der Waals surface area contributed by atoms with Crippen LogP contribution < -0.4 is 4.74 Å². The van der Waals surface area contributed by atoms with E-state index in [0.717, 1.165) is 42.0 Å². The molecule has 0 N–H and O–H groups in total. The molecule has 0 aliphatic carbocycles. The number of hydrogen-bond donors (Lipinski definition) is 0. The number of carbonyl (C=O) groups is 1. The van der Waals surface area contributed by atoms with Crippen molar-refractivity contribution in [3.05, 3.63) is 54.1 Å². The minimum Gasteiger partial charge on any atom is -0.491 e. The van der Waals surface area contributed by atoms with Crippen LogP contribution in [0.3, 0.4) is 0 Å². The highest BCUT2D eigenvalue weighted by molar-refractivity contribution is 5.95. The minimum absolute atomic E-state index is 0.116. The number of hydrogen-bond acceptors (Lipinski definition) is 3. The molecular formula is C22H28N2O2. The van der Waals surface area contributed by atoms with Crippen molar-refractivity contribution in [1.82, 2.24) is 9.80 Å². The molecule has 0 aromatic heterocycles. The fourth-order valence-electron chi connectivity index (χ4n) is 3.38. The van der Waals surface area contributed by atoms with Gasteiger partial charge in [-0.1, -0.05) is 24.3 Å². The lowest BCUT2D eigenvalue weighted by Gasteiger charge is -2.20. The van der Waals surface area contributed by atoms with E-state index in [-0.39, 0.29) is 12.0 Å². The van der Waals surface area contributed by atoms with Crippen molar-refractivity contribution in [2.24, 2.45) is 0 Å². The van der Waals surface area contributed by atoms with E-state index in [1.165, 1.54) is 0 Å². The molecule has 3 rings (SSSR count). The molecule has 0 unspecified atom stereocenters. The Morgan fingerprint density at radius 2 is 1.81 bits per heavy atom. The summed E-state index contributed by atoms with van der Waals surface area (Å²) < 4.78 is 5.79. The maximum atomic E-state index is 12.9. The Bertz CT molecular complexity index is 770. The number of rotatable bonds is 5. The van der Waals surface area contributed by atoms with Crippen LogP contribution in [-0.4, -0.2) is 55.0 Å². The number of nitrogens with zero attached hydrogens (tertiary/aromatic N) is 2. The second-order valence-electron chi connectivity index (χ2n) is 7.43. The van der Waals surface area contributed by atoms with Crippen molar-refractivity contribution in [3.8, 4) is 16.9 Å². The Hall–Kier alpha value is -2.33. The lowest BCUT2D eigenvalue weighted by Crippen LogP contribution is -2.34. The van der Waals surface area contributed by atoms with Crippen molar-refractivity contribution < 1.29 is 9.53 Å². The first-order valence-corrected chi connectivity index (χ1v) is 9.27. The quantitative estimate of drug-likeness (QED) is 0.818. The smallest absolute Gasteiger partial charge is 0.253 e. The number of carbonyl (C=O) groups excluding carboxylic acids is 1. The molecule has 4 nitrogen and oxygen atoms in total. The molecule has 1 heterocycles. The van der Waals surface area contributed by atoms with E-state index in [0.29, 0.717) is 6.04 Å². The Labute approximate surface area is 156 Å². The summed E-state index contributed by atoms with van der Waals surface area (Å²) in [7, 11) is 4.15. The van der Waals surface area contributed by atoms with Gasteiger partial charge in [0.2, 0.25) is 0 Å². The first-order chi connectivity index (χ1) is 12.4. The zero-order chi connectivity index (χ0) is 18.7. The number of benzene rings is 2. The normalized spacial score (nSPS) is 17.2. The third-order valence-corrected chi connectivity index (χ3v) is 4.83. The molecule has 1 atom stereocenters. The molecule has 0 saturated carbocycles. The third kappa shape index (κ3) is 4.25. The maximum Gasteiger partial charge on any atom is 0.253 e. The van der Waals surface area contributed by atoms with Crippen LogP contribution in [0.4, 0.5) is 0 Å². The van der Waals surface area contributed by atoms with Crippen LogP contribution in [-0.2, 0) is 0 Å². The van der Waals surface area contributed by atoms with Crippen molar-refractivity contribution in [3.63, 3.8) is 0 Å². The molecular weight excluding hydrogens is 324 g/mol. The second kappa shape index (κ2) is 7.92. The highest BCUT2D eigenvalue weighted by Gasteiger charge is 2.28. The van der Waals surface area contributed by atoms with Crippen LogP contribution in [0.25, 0.3) is 11.1 Å². The van der Waals surface area contributed by atoms with Gasteiger partial charge in [-0.05, 0) is 69.8 Å². The molecule has 4 heteroatoms. The van der Waals surface area contributed by atoms with Crippen LogP contribution in [0, 0.1) is 0 Å². The SMILES string of the molecule is CC(C)Oc1cccc(-c2cccc(C(=O)N3CC[C@H](N(C)C)C3)c2)c1. The largest absolute Gasteiger partial charge is 0.491 e. The maximum absolute atomic E-state index is 12.9. The Morgan fingerprint density at radius 3 is 2.46 bits per heavy atom. The lowest BCUT2D eigenvalue weighted by molar-refractivity contribution is 0.0783. The van der Waals surface area contributed by atoms with Crippen LogP contribution >= 0.6 is 0 Å². The molecule has 0 bridgehead atoms. The van der Waals surface area contributed by atoms with Crippen LogP contribution in [0.2, 0.25) is 0 Å². The second-order valence-corrected chi connectivity index (χ2v) is 7.43. The third-order valence-electron chi connectivity index (χ3n) is 4.83. The van der Waals surface area contributed by atoms with Gasteiger partial charge in [0.1, 0.15) is 5.75 Å². The predicted octanol–water partition coefficient (Wildman–Crippen LogP) is 3.92. The lowest BCUT2D eigenvalue weighted by atomic mass is 10.0. The summed E-state index contributed by atoms with van der Waals surface area (Å²) >= 11 is 0. The van der Waals surface area contributed by atoms with E-state index in [9.17, 15) is 4.79 Å². The van der Waals surface area contributed by atoms with E-state index in [4.69, 9.17) is 4.74 Å². The average molecular weight is 352 g/mol. The van der Waals surface area contributed by atoms with Crippen molar-refractivity contribution in [1.29, 1.82) is 0 Å². The van der Waals surface area contributed by atoms with Crippen LogP contribution in [0.15, 0.2) is 48.5 Å². The summed E-state index contributed by atoms with van der Waals surface area (Å²) in [5, 5.41) is 0. The summed E-state index contributed by atoms with van der Waals surface area (Å²) in [6.45, 7) is 5.66. The summed E-state index contributed by atoms with van der Waals surface area (Å²) in [6, 6.07) is 16.4. The zero-order valence-corrected chi connectivity index (χ0v) is 16.1. The Kier molecular flexibility index (Phi) is 5.62. The monoisotopic (exact) mass is 352 g/mol. The van der Waals surface area contributed by atoms with E-state index < -0.39 is 0 Å². The molecule has 1 aliphatic heterocycles. The van der Waals surface area contributed by atoms with E-state index in [1.807, 2.05) is 61.2 Å². The first kappa shape index (κ1) is 18.5. The van der Waals surface area contributed by atoms with E-state index in [1.54, 1.807) is 0 Å². The topological polar surface area (TPSA) is 32.8 Å². The van der Waals surface area contributed by atoms with Gasteiger partial charge in [-0.25, -0.2) is 0 Å². The standard InChI is InChI=1S/C22H28N2O2/c1-16(2)26-21-10-6-8-18(14-21)17-7-5-9-19(13-17)22(25)24-12-11-20(15-24)23(3)4/h5-10,13-14,16,20H,11-12,15H2,1-4H3/t20-/m0/s1. The number of amides is 1. The summed E-state index contributed by atoms with van der Waals surface area (Å²) in [4.78, 5) is 17.1. The van der Waals surface area contributed by atoms with Gasteiger partial charge < -0.3 is 14.5 Å². The highest BCUT2D eigenvalue weighted by atomic mass is 16.5. The van der Waals surface area contributed by atoms with E-state index in [2.05, 4.69) is 25.1 Å². The summed E-state index contributed by atoms with van der Waals surface area (Å²) in [6.07, 6.45) is 1.17. The molecule has 0 radical (unpaired) electrons. The van der Waals surface area contributed by atoms with Gasteiger partial charge in [-0.2, -0.15) is 0 Å². The van der Waals surface area contributed by atoms with Gasteiger partial charge in [0.15, 0.2) is 0 Å². The molecule has 138 valence electrons. The number of likely N-dealkylation sites (tertiary alicyclic amines) is 1. The van der Waals surface area contributed by atoms with Gasteiger partial charge in [0.05, 0.1) is 6.10 Å². The zero-order valence-electron chi connectivity index (χ0n) is 16.1. The van der Waals surface area contributed by atoms with E-state index >= 15 is 0 Å². The molecule has 1 amide bonds. The molecule has 2 aromatic rings. The fourth-order valence-corrected chi connectivity index (χ4v) is 3.38. The number of ether oxygens (including phenoxy) is 1. The first-order valence-electron chi connectivity index (χ1n) is 9.27. The summed E-state index contributed by atoms with van der Waals surface area (Å²) in [5.41, 5.74) is 2.84. The Morgan fingerprint density at radius 1 is 1.12 bits per heavy atom. The predicted molar refractivity (Wildman–Crippen MR) is 106 cm³/mol. The summed E-state index contributed by atoms with van der Waals surface area (Å²) in [5.74, 6) is 0.966. The minimum atomic E-state index is 0.116. The van der Waals surface area contributed by atoms with Crippen LogP contribution in [0.1, 0.15) is 30.6 Å². The van der Waals surface area contributed by atoms with Crippen molar-refractivity contribution >= 4 is 5.91 Å². The van der Waals surface area contributed by atoms with Gasteiger partial charge in [-0.3, -0.25) is 4.79 Å².